The zero-order chi connectivity index (χ0) is 23.5. The summed E-state index contributed by atoms with van der Waals surface area (Å²) in [6.45, 7) is 3.25. The molecule has 0 bridgehead atoms. The van der Waals surface area contributed by atoms with E-state index >= 15 is 0 Å². The molecule has 0 unspecified atom stereocenters. The van der Waals surface area contributed by atoms with E-state index in [2.05, 4.69) is 25.6 Å². The summed E-state index contributed by atoms with van der Waals surface area (Å²) in [7, 11) is 3.63. The maximum absolute atomic E-state index is 14.4. The summed E-state index contributed by atoms with van der Waals surface area (Å²) < 4.78 is 14.4. The van der Waals surface area contributed by atoms with Gasteiger partial charge in [-0.1, -0.05) is 11.6 Å². The van der Waals surface area contributed by atoms with Crippen LogP contribution < -0.4 is 15.5 Å². The van der Waals surface area contributed by atoms with Gasteiger partial charge in [-0.25, -0.2) is 14.4 Å². The molecule has 1 aromatic carbocycles. The highest BCUT2D eigenvalue weighted by Gasteiger charge is 2.19. The van der Waals surface area contributed by atoms with Gasteiger partial charge in [0.15, 0.2) is 11.6 Å². The molecule has 0 aliphatic rings. The Morgan fingerprint density at radius 3 is 2.69 bits per heavy atom. The molecule has 2 heterocycles. The molecule has 0 saturated carbocycles. The molecule has 0 radical (unpaired) electrons. The summed E-state index contributed by atoms with van der Waals surface area (Å²) >= 11 is 6.02. The van der Waals surface area contributed by atoms with Crippen molar-refractivity contribution in [2.45, 2.75) is 19.4 Å². The molecule has 1 amide bonds. The van der Waals surface area contributed by atoms with Crippen LogP contribution in [0, 0.1) is 5.82 Å². The maximum Gasteiger partial charge on any atom is 0.255 e. The van der Waals surface area contributed by atoms with Gasteiger partial charge < -0.3 is 20.6 Å². The lowest BCUT2D eigenvalue weighted by Gasteiger charge is -2.20. The first-order valence-corrected chi connectivity index (χ1v) is 10.1. The van der Waals surface area contributed by atoms with Crippen molar-refractivity contribution in [1.29, 1.82) is 0 Å². The smallest absolute Gasteiger partial charge is 0.255 e. The van der Waals surface area contributed by atoms with E-state index in [0.29, 0.717) is 22.2 Å². The number of aliphatic hydroxyl groups is 1. The molecule has 0 saturated heterocycles. The van der Waals surface area contributed by atoms with Gasteiger partial charge in [-0.2, -0.15) is 0 Å². The first-order valence-electron chi connectivity index (χ1n) is 9.76. The van der Waals surface area contributed by atoms with E-state index in [4.69, 9.17) is 11.6 Å². The second-order valence-electron chi connectivity index (χ2n) is 7.99. The molecule has 168 valence electrons. The van der Waals surface area contributed by atoms with Gasteiger partial charge in [-0.15, -0.1) is 0 Å². The van der Waals surface area contributed by atoms with Crippen LogP contribution in [0.25, 0.3) is 11.4 Å². The van der Waals surface area contributed by atoms with Gasteiger partial charge in [0.05, 0.1) is 34.3 Å². The Balaban J connectivity index is 2.00. The molecule has 0 spiro atoms. The molecule has 0 aliphatic heterocycles. The van der Waals surface area contributed by atoms with Crippen LogP contribution in [-0.4, -0.2) is 52.2 Å². The summed E-state index contributed by atoms with van der Waals surface area (Å²) in [5.74, 6) is -0.417. The lowest BCUT2D eigenvalue weighted by molar-refractivity contribution is 0.0694. The predicted molar refractivity (Wildman–Crippen MR) is 123 cm³/mol. The third-order valence-electron chi connectivity index (χ3n) is 4.42. The highest BCUT2D eigenvalue weighted by molar-refractivity contribution is 6.30. The Kier molecular flexibility index (Phi) is 6.90. The molecule has 10 heteroatoms. The van der Waals surface area contributed by atoms with Crippen LogP contribution >= 0.6 is 11.6 Å². The Morgan fingerprint density at radius 2 is 2.00 bits per heavy atom. The van der Waals surface area contributed by atoms with E-state index in [1.54, 1.807) is 31.0 Å². The predicted octanol–water partition coefficient (Wildman–Crippen LogP) is 3.64. The number of nitrogens with one attached hydrogen (secondary N) is 2. The number of nitrogens with zero attached hydrogens (tertiary/aromatic N) is 4. The van der Waals surface area contributed by atoms with Gasteiger partial charge in [0.1, 0.15) is 5.82 Å². The third kappa shape index (κ3) is 5.68. The van der Waals surface area contributed by atoms with Gasteiger partial charge >= 0.3 is 0 Å². The van der Waals surface area contributed by atoms with Crippen molar-refractivity contribution < 1.29 is 14.3 Å². The van der Waals surface area contributed by atoms with Crippen molar-refractivity contribution >= 4 is 34.7 Å². The number of carbonyl (C=O) groups excluding carboxylic acids is 1. The van der Waals surface area contributed by atoms with Crippen LogP contribution in [0.1, 0.15) is 24.2 Å². The largest absolute Gasteiger partial charge is 0.389 e. The van der Waals surface area contributed by atoms with Crippen LogP contribution in [0.4, 0.5) is 21.6 Å². The van der Waals surface area contributed by atoms with E-state index in [9.17, 15) is 14.3 Å². The molecular formula is C22H24ClFN6O2. The number of halogens is 2. The first-order chi connectivity index (χ1) is 15.0. The zero-order valence-corrected chi connectivity index (χ0v) is 18.9. The first kappa shape index (κ1) is 23.4. The molecule has 3 aromatic rings. The number of aromatic nitrogens is 3. The summed E-state index contributed by atoms with van der Waals surface area (Å²) in [4.78, 5) is 27.3. The van der Waals surface area contributed by atoms with Crippen molar-refractivity contribution in [2.24, 2.45) is 0 Å². The second kappa shape index (κ2) is 9.46. The van der Waals surface area contributed by atoms with E-state index in [1.165, 1.54) is 30.6 Å². The fraction of sp³-hybridized carbons (Fsp3) is 0.273. The standard InChI is InChI=1S/C22H24ClFN6O2/c1-22(2,32)12-27-21(31)15-10-25-8-7-17(15)28-20-18(30(3)4)11-26-19(29-20)14-9-13(23)5-6-16(14)24/h5-11,32H,12H2,1-4H3,(H,27,31)(H,25,26,28,29). The SMILES string of the molecule is CN(C)c1cnc(-c2cc(Cl)ccc2F)nc1Nc1ccncc1C(=O)NCC(C)(C)O. The Bertz CT molecular complexity index is 1130. The number of amides is 1. The normalized spacial score (nSPS) is 11.2. The monoisotopic (exact) mass is 458 g/mol. The maximum atomic E-state index is 14.4. The minimum absolute atomic E-state index is 0.0643. The van der Waals surface area contributed by atoms with Crippen LogP contribution in [0.5, 0.6) is 0 Å². The number of hydrogen-bond donors (Lipinski definition) is 3. The Hall–Kier alpha value is -3.30. The minimum Gasteiger partial charge on any atom is -0.389 e. The van der Waals surface area contributed by atoms with Gasteiger partial charge in [0.25, 0.3) is 5.91 Å². The summed E-state index contributed by atoms with van der Waals surface area (Å²) in [5.41, 5.74) is 0.411. The molecule has 0 atom stereocenters. The van der Waals surface area contributed by atoms with E-state index in [1.807, 2.05) is 14.1 Å². The summed E-state index contributed by atoms with van der Waals surface area (Å²) in [5, 5.41) is 16.1. The fourth-order valence-corrected chi connectivity index (χ4v) is 2.97. The summed E-state index contributed by atoms with van der Waals surface area (Å²) in [6, 6.07) is 5.78. The molecule has 0 fully saturated rings. The van der Waals surface area contributed by atoms with E-state index < -0.39 is 17.3 Å². The molecule has 3 N–H and O–H groups in total. The molecule has 8 nitrogen and oxygen atoms in total. The van der Waals surface area contributed by atoms with Crippen LogP contribution in [0.3, 0.4) is 0 Å². The second-order valence-corrected chi connectivity index (χ2v) is 8.42. The van der Waals surface area contributed by atoms with Crippen LogP contribution in [0.15, 0.2) is 42.9 Å². The number of benzene rings is 1. The van der Waals surface area contributed by atoms with Crippen molar-refractivity contribution in [3.63, 3.8) is 0 Å². The van der Waals surface area contributed by atoms with Crippen LogP contribution in [-0.2, 0) is 0 Å². The Labute approximate surface area is 190 Å². The average Bonchev–Trinajstić information content (AvgIpc) is 2.73. The zero-order valence-electron chi connectivity index (χ0n) is 18.1. The number of pyridine rings is 1. The quantitative estimate of drug-likeness (QED) is 0.496. The van der Waals surface area contributed by atoms with Gasteiger partial charge in [0.2, 0.25) is 0 Å². The van der Waals surface area contributed by atoms with Crippen molar-refractivity contribution in [3.8, 4) is 11.4 Å². The molecule has 2 aromatic heterocycles. The lowest BCUT2D eigenvalue weighted by Crippen LogP contribution is -2.38. The number of carbonyl (C=O) groups is 1. The average molecular weight is 459 g/mol. The highest BCUT2D eigenvalue weighted by Crippen LogP contribution is 2.30. The van der Waals surface area contributed by atoms with Gasteiger partial charge in [-0.3, -0.25) is 9.78 Å². The van der Waals surface area contributed by atoms with Crippen molar-refractivity contribution in [2.75, 3.05) is 30.9 Å². The van der Waals surface area contributed by atoms with Crippen LogP contribution in [0.2, 0.25) is 5.02 Å². The van der Waals surface area contributed by atoms with Crippen molar-refractivity contribution in [3.05, 3.63) is 59.3 Å². The minimum atomic E-state index is -1.06. The molecule has 0 aliphatic carbocycles. The van der Waals surface area contributed by atoms with Gasteiger partial charge in [-0.05, 0) is 38.1 Å². The third-order valence-corrected chi connectivity index (χ3v) is 4.66. The Morgan fingerprint density at radius 1 is 1.25 bits per heavy atom. The topological polar surface area (TPSA) is 103 Å². The van der Waals surface area contributed by atoms with E-state index in [-0.39, 0.29) is 23.5 Å². The van der Waals surface area contributed by atoms with Crippen molar-refractivity contribution in [1.82, 2.24) is 20.3 Å². The fourth-order valence-electron chi connectivity index (χ4n) is 2.80. The highest BCUT2D eigenvalue weighted by atomic mass is 35.5. The molecule has 32 heavy (non-hydrogen) atoms. The number of rotatable bonds is 7. The molecule has 3 rings (SSSR count). The lowest BCUT2D eigenvalue weighted by atomic mass is 10.1. The summed E-state index contributed by atoms with van der Waals surface area (Å²) in [6.07, 6.45) is 4.50. The number of anilines is 3. The van der Waals surface area contributed by atoms with Gasteiger partial charge in [0, 0.05) is 38.1 Å². The van der Waals surface area contributed by atoms with E-state index in [0.717, 1.165) is 0 Å². The number of hydrogen-bond acceptors (Lipinski definition) is 7. The molecular weight excluding hydrogens is 435 g/mol.